The molecule has 4 aliphatic rings. The fraction of sp³-hybridized carbons (Fsp3) is 0.560. The molecule has 3 N–H and O–H groups in total. The lowest BCUT2D eigenvalue weighted by Gasteiger charge is -2.37. The van der Waals surface area contributed by atoms with Crippen molar-refractivity contribution in [3.05, 3.63) is 29.3 Å². The molecule has 11 heteroatoms. The number of nitrogens with two attached hydrogens (primary N) is 1. The summed E-state index contributed by atoms with van der Waals surface area (Å²) in [4.78, 5) is 69.3. The number of carbonyl (C=O) groups is 5. The number of imide groups is 1. The Labute approximate surface area is 209 Å². The highest BCUT2D eigenvalue weighted by Crippen LogP contribution is 2.34. The highest BCUT2D eigenvalue weighted by molar-refractivity contribution is 6.06. The molecule has 4 aliphatic heterocycles. The molecule has 0 bridgehead atoms. The quantitative estimate of drug-likeness (QED) is 0.521. The molecule has 1 aromatic carbocycles. The first-order chi connectivity index (χ1) is 17.3. The van der Waals surface area contributed by atoms with Crippen LogP contribution in [-0.4, -0.2) is 95.6 Å². The van der Waals surface area contributed by atoms with Crippen LogP contribution in [0, 0.1) is 0 Å². The fourth-order valence-electron chi connectivity index (χ4n) is 5.61. The number of piperidine rings is 1. The Kier molecular flexibility index (Phi) is 6.65. The van der Waals surface area contributed by atoms with E-state index in [2.05, 4.69) is 10.2 Å². The van der Waals surface area contributed by atoms with Crippen LogP contribution < -0.4 is 16.0 Å². The van der Waals surface area contributed by atoms with Crippen molar-refractivity contribution in [2.75, 3.05) is 44.2 Å². The molecule has 5 amide bonds. The lowest BCUT2D eigenvalue weighted by atomic mass is 10.0. The number of piperazine rings is 1. The summed E-state index contributed by atoms with van der Waals surface area (Å²) in [6.45, 7) is 3.85. The van der Waals surface area contributed by atoms with E-state index < -0.39 is 11.9 Å². The van der Waals surface area contributed by atoms with Gasteiger partial charge in [0, 0.05) is 87.9 Å². The van der Waals surface area contributed by atoms with Gasteiger partial charge in [-0.15, -0.1) is 0 Å². The van der Waals surface area contributed by atoms with Gasteiger partial charge in [0.15, 0.2) is 0 Å². The minimum absolute atomic E-state index is 0.0139. The number of benzene rings is 1. The van der Waals surface area contributed by atoms with E-state index in [1.165, 1.54) is 0 Å². The summed E-state index contributed by atoms with van der Waals surface area (Å²) >= 11 is 0. The van der Waals surface area contributed by atoms with Crippen LogP contribution in [0.5, 0.6) is 0 Å². The number of amides is 5. The first-order valence-electron chi connectivity index (χ1n) is 12.6. The first-order valence-corrected chi connectivity index (χ1v) is 12.6. The number of nitrogens with zero attached hydrogens (tertiary/aromatic N) is 4. The maximum atomic E-state index is 13.1. The summed E-state index contributed by atoms with van der Waals surface area (Å²) in [7, 11) is 0. The largest absolute Gasteiger partial charge is 0.368 e. The Bertz CT molecular complexity index is 1100. The molecule has 3 fully saturated rings. The summed E-state index contributed by atoms with van der Waals surface area (Å²) in [5.74, 6) is -0.965. The zero-order valence-electron chi connectivity index (χ0n) is 20.3. The van der Waals surface area contributed by atoms with Crippen LogP contribution in [0.2, 0.25) is 0 Å². The number of likely N-dealkylation sites (tertiary alicyclic amines) is 1. The molecule has 0 aliphatic carbocycles. The van der Waals surface area contributed by atoms with Gasteiger partial charge in [0.2, 0.25) is 23.6 Å². The van der Waals surface area contributed by atoms with Crippen LogP contribution >= 0.6 is 0 Å². The van der Waals surface area contributed by atoms with Gasteiger partial charge in [-0.1, -0.05) is 6.07 Å². The summed E-state index contributed by atoms with van der Waals surface area (Å²) in [5, 5.41) is 2.33. The second-order valence-electron chi connectivity index (χ2n) is 9.96. The molecular weight excluding hydrogens is 464 g/mol. The molecule has 5 rings (SSSR count). The molecule has 36 heavy (non-hydrogen) atoms. The molecule has 192 valence electrons. The van der Waals surface area contributed by atoms with E-state index in [1.807, 2.05) is 12.1 Å². The van der Waals surface area contributed by atoms with Crippen molar-refractivity contribution in [3.8, 4) is 0 Å². The number of anilines is 1. The molecule has 3 saturated heterocycles. The van der Waals surface area contributed by atoms with E-state index >= 15 is 0 Å². The molecule has 0 aromatic heterocycles. The molecule has 1 aromatic rings. The average Bonchev–Trinajstić information content (AvgIpc) is 3.46. The van der Waals surface area contributed by atoms with Crippen LogP contribution in [-0.2, 0) is 25.7 Å². The van der Waals surface area contributed by atoms with Crippen molar-refractivity contribution in [2.45, 2.75) is 50.7 Å². The van der Waals surface area contributed by atoms with Crippen LogP contribution in [0.25, 0.3) is 0 Å². The van der Waals surface area contributed by atoms with E-state index in [-0.39, 0.29) is 48.9 Å². The molecule has 11 nitrogen and oxygen atoms in total. The number of hydrogen-bond donors (Lipinski definition) is 2. The zero-order chi connectivity index (χ0) is 25.4. The number of carbonyl (C=O) groups excluding carboxylic acids is 5. The number of rotatable bonds is 5. The van der Waals surface area contributed by atoms with Crippen molar-refractivity contribution in [1.29, 1.82) is 0 Å². The maximum absolute atomic E-state index is 13.1. The van der Waals surface area contributed by atoms with Gasteiger partial charge >= 0.3 is 0 Å². The standard InChI is InChI=1S/C25H32N6O5/c26-16-8-9-30(14-16)23(34)7-6-22(33)29-12-10-28(11-13-29)19-3-1-2-17-18(19)15-31(25(17)36)20-4-5-21(32)27-24(20)35/h1-3,16,20H,4-15,26H2,(H,27,32,35)/t16-,20?/m0/s1. The van der Waals surface area contributed by atoms with Gasteiger partial charge < -0.3 is 25.3 Å². The third-order valence-corrected chi connectivity index (χ3v) is 7.66. The molecule has 4 heterocycles. The van der Waals surface area contributed by atoms with Crippen molar-refractivity contribution in [3.63, 3.8) is 0 Å². The Morgan fingerprint density at radius 1 is 0.944 bits per heavy atom. The Balaban J connectivity index is 1.18. The molecular formula is C25H32N6O5. The van der Waals surface area contributed by atoms with E-state index in [9.17, 15) is 24.0 Å². The van der Waals surface area contributed by atoms with Crippen LogP contribution in [0.3, 0.4) is 0 Å². The third kappa shape index (κ3) is 4.67. The van der Waals surface area contributed by atoms with Crippen molar-refractivity contribution < 1.29 is 24.0 Å². The van der Waals surface area contributed by atoms with Crippen molar-refractivity contribution >= 4 is 35.2 Å². The van der Waals surface area contributed by atoms with E-state index in [1.54, 1.807) is 20.8 Å². The molecule has 0 spiro atoms. The normalized spacial score (nSPS) is 24.3. The minimum atomic E-state index is -0.649. The van der Waals surface area contributed by atoms with Gasteiger partial charge in [0.25, 0.3) is 5.91 Å². The second-order valence-corrected chi connectivity index (χ2v) is 9.96. The van der Waals surface area contributed by atoms with Gasteiger partial charge in [0.1, 0.15) is 6.04 Å². The zero-order valence-corrected chi connectivity index (χ0v) is 20.3. The summed E-state index contributed by atoms with van der Waals surface area (Å²) in [6, 6.07) is 4.97. The van der Waals surface area contributed by atoms with E-state index in [0.717, 1.165) is 17.7 Å². The third-order valence-electron chi connectivity index (χ3n) is 7.66. The lowest BCUT2D eigenvalue weighted by molar-refractivity contribution is -0.137. The topological polar surface area (TPSA) is 136 Å². The highest BCUT2D eigenvalue weighted by Gasteiger charge is 2.40. The van der Waals surface area contributed by atoms with Gasteiger partial charge in [0.05, 0.1) is 0 Å². The number of fused-ring (bicyclic) bond motifs is 1. The van der Waals surface area contributed by atoms with Crippen molar-refractivity contribution in [2.24, 2.45) is 5.73 Å². The summed E-state index contributed by atoms with van der Waals surface area (Å²) in [5.41, 5.74) is 8.26. The summed E-state index contributed by atoms with van der Waals surface area (Å²) < 4.78 is 0. The Morgan fingerprint density at radius 3 is 2.33 bits per heavy atom. The second kappa shape index (κ2) is 9.88. The van der Waals surface area contributed by atoms with Gasteiger partial charge in [-0.2, -0.15) is 0 Å². The van der Waals surface area contributed by atoms with E-state index in [4.69, 9.17) is 5.73 Å². The summed E-state index contributed by atoms with van der Waals surface area (Å²) in [6.07, 6.45) is 1.75. The molecule has 1 unspecified atom stereocenters. The molecule has 2 atom stereocenters. The van der Waals surface area contributed by atoms with Crippen molar-refractivity contribution in [1.82, 2.24) is 20.0 Å². The van der Waals surface area contributed by atoms with Crippen LogP contribution in [0.15, 0.2) is 18.2 Å². The SMILES string of the molecule is N[C@H]1CCN(C(=O)CCC(=O)N2CCN(c3cccc4c3CN(C3CCC(=O)NC3=O)C4=O)CC2)C1. The van der Waals surface area contributed by atoms with Gasteiger partial charge in [-0.3, -0.25) is 29.3 Å². The predicted octanol–water partition coefficient (Wildman–Crippen LogP) is -0.564. The highest BCUT2D eigenvalue weighted by atomic mass is 16.2. The first kappa shape index (κ1) is 24.2. The molecule has 0 radical (unpaired) electrons. The average molecular weight is 497 g/mol. The van der Waals surface area contributed by atoms with Crippen LogP contribution in [0.1, 0.15) is 48.0 Å². The van der Waals surface area contributed by atoms with Gasteiger partial charge in [-0.05, 0) is 25.0 Å². The van der Waals surface area contributed by atoms with E-state index in [0.29, 0.717) is 57.8 Å². The Hall–Kier alpha value is -3.47. The maximum Gasteiger partial charge on any atom is 0.255 e. The van der Waals surface area contributed by atoms with Gasteiger partial charge in [-0.25, -0.2) is 0 Å². The minimum Gasteiger partial charge on any atom is -0.368 e. The number of hydrogen-bond acceptors (Lipinski definition) is 7. The lowest BCUT2D eigenvalue weighted by Crippen LogP contribution is -2.52. The smallest absolute Gasteiger partial charge is 0.255 e. The predicted molar refractivity (Wildman–Crippen MR) is 130 cm³/mol. The molecule has 0 saturated carbocycles. The fourth-order valence-corrected chi connectivity index (χ4v) is 5.61. The van der Waals surface area contributed by atoms with Crippen LogP contribution in [0.4, 0.5) is 5.69 Å². The Morgan fingerprint density at radius 2 is 1.67 bits per heavy atom. The monoisotopic (exact) mass is 496 g/mol. The number of nitrogens with one attached hydrogen (secondary N) is 1.